The molecule has 3 aromatic rings. The number of aromatic nitrogens is 4. The molecule has 1 aromatic carbocycles. The fraction of sp³-hybridized carbons (Fsp3) is 0.429. The second-order valence-electron chi connectivity index (χ2n) is 7.59. The van der Waals surface area contributed by atoms with Crippen LogP contribution in [0.2, 0.25) is 0 Å². The molecule has 1 atom stereocenters. The predicted octanol–water partition coefficient (Wildman–Crippen LogP) is 3.35. The highest BCUT2D eigenvalue weighted by molar-refractivity contribution is 7.99. The van der Waals surface area contributed by atoms with Gasteiger partial charge in [0.25, 0.3) is 0 Å². The Hall–Kier alpha value is -2.59. The third-order valence-corrected chi connectivity index (χ3v) is 7.53. The molecule has 3 heterocycles. The van der Waals surface area contributed by atoms with Crippen molar-refractivity contribution in [3.8, 4) is 11.5 Å². The summed E-state index contributed by atoms with van der Waals surface area (Å²) < 4.78 is 12.9. The van der Waals surface area contributed by atoms with Crippen LogP contribution in [0.1, 0.15) is 40.9 Å². The molecule has 0 N–H and O–H groups in total. The molecular weight excluding hydrogens is 434 g/mol. The number of tetrazole rings is 1. The molecule has 1 fully saturated rings. The smallest absolute Gasteiger partial charge is 0.233 e. The van der Waals surface area contributed by atoms with Gasteiger partial charge >= 0.3 is 0 Å². The van der Waals surface area contributed by atoms with E-state index in [0.717, 1.165) is 29.7 Å². The molecule has 1 aliphatic carbocycles. The highest BCUT2D eigenvalue weighted by atomic mass is 32.2. The largest absolute Gasteiger partial charge is 0.493 e. The Morgan fingerprint density at radius 2 is 2.06 bits per heavy atom. The molecule has 8 nitrogen and oxygen atoms in total. The first-order valence-electron chi connectivity index (χ1n) is 10.2. The molecule has 0 bridgehead atoms. The highest BCUT2D eigenvalue weighted by Crippen LogP contribution is 2.42. The van der Waals surface area contributed by atoms with E-state index in [2.05, 4.69) is 21.6 Å². The van der Waals surface area contributed by atoms with Gasteiger partial charge in [-0.1, -0.05) is 17.8 Å². The van der Waals surface area contributed by atoms with Crippen molar-refractivity contribution in [2.45, 2.75) is 36.5 Å². The van der Waals surface area contributed by atoms with E-state index in [0.29, 0.717) is 35.0 Å². The van der Waals surface area contributed by atoms with Crippen molar-refractivity contribution < 1.29 is 14.3 Å². The molecule has 5 rings (SSSR count). The van der Waals surface area contributed by atoms with E-state index in [9.17, 15) is 4.79 Å². The maximum absolute atomic E-state index is 13.4. The molecule has 0 saturated heterocycles. The minimum absolute atomic E-state index is 0.0779. The van der Waals surface area contributed by atoms with Crippen molar-refractivity contribution in [3.05, 3.63) is 45.6 Å². The number of nitrogens with zero attached hydrogens (tertiary/aromatic N) is 5. The van der Waals surface area contributed by atoms with E-state index >= 15 is 0 Å². The van der Waals surface area contributed by atoms with Crippen LogP contribution in [-0.4, -0.2) is 57.5 Å². The van der Waals surface area contributed by atoms with Crippen molar-refractivity contribution in [2.24, 2.45) is 0 Å². The zero-order chi connectivity index (χ0) is 21.4. The predicted molar refractivity (Wildman–Crippen MR) is 118 cm³/mol. The van der Waals surface area contributed by atoms with Gasteiger partial charge in [0.15, 0.2) is 11.5 Å². The second kappa shape index (κ2) is 8.51. The average molecular weight is 458 g/mol. The van der Waals surface area contributed by atoms with Gasteiger partial charge in [0.1, 0.15) is 0 Å². The summed E-state index contributed by atoms with van der Waals surface area (Å²) in [6, 6.07) is 8.40. The zero-order valence-electron chi connectivity index (χ0n) is 17.4. The summed E-state index contributed by atoms with van der Waals surface area (Å²) in [6.07, 6.45) is 2.97. The van der Waals surface area contributed by atoms with E-state index in [1.807, 2.05) is 33.2 Å². The fourth-order valence-electron chi connectivity index (χ4n) is 4.01. The quantitative estimate of drug-likeness (QED) is 0.503. The Morgan fingerprint density at radius 3 is 2.77 bits per heavy atom. The van der Waals surface area contributed by atoms with Crippen molar-refractivity contribution in [1.29, 1.82) is 0 Å². The molecule has 1 unspecified atom stereocenters. The topological polar surface area (TPSA) is 82.4 Å². The molecule has 0 spiro atoms. The number of thioether (sulfide) groups is 1. The number of benzene rings is 1. The summed E-state index contributed by atoms with van der Waals surface area (Å²) in [4.78, 5) is 16.5. The van der Waals surface area contributed by atoms with Crippen molar-refractivity contribution in [1.82, 2.24) is 25.1 Å². The standard InChI is InChI=1S/C21H23N5O3S2/c1-28-16-10-13-7-8-25(19(27)12-31-21-22-23-24-26(21)14-5-6-14)20(18-4-3-9-30-18)15(13)11-17(16)29-2/h3-4,9-11,14,20H,5-8,12H2,1-2H3. The molecule has 10 heteroatoms. The van der Waals surface area contributed by atoms with E-state index in [4.69, 9.17) is 9.47 Å². The first-order chi connectivity index (χ1) is 15.2. The van der Waals surface area contributed by atoms with Crippen LogP contribution in [0.5, 0.6) is 11.5 Å². The van der Waals surface area contributed by atoms with Crippen LogP contribution in [0.4, 0.5) is 0 Å². The van der Waals surface area contributed by atoms with Crippen LogP contribution in [0.3, 0.4) is 0 Å². The first kappa shape index (κ1) is 20.3. The van der Waals surface area contributed by atoms with Gasteiger partial charge in [-0.05, 0) is 64.4 Å². The molecule has 2 aliphatic rings. The number of amides is 1. The van der Waals surface area contributed by atoms with Crippen molar-refractivity contribution in [2.75, 3.05) is 26.5 Å². The lowest BCUT2D eigenvalue weighted by atomic mass is 9.91. The van der Waals surface area contributed by atoms with Crippen LogP contribution in [0.25, 0.3) is 0 Å². The van der Waals surface area contributed by atoms with Gasteiger partial charge in [0, 0.05) is 11.4 Å². The maximum atomic E-state index is 13.4. The normalized spacial score (nSPS) is 18.0. The summed E-state index contributed by atoms with van der Waals surface area (Å²) in [5, 5.41) is 14.7. The summed E-state index contributed by atoms with van der Waals surface area (Å²) in [5.74, 6) is 1.77. The van der Waals surface area contributed by atoms with Crippen LogP contribution in [0.15, 0.2) is 34.8 Å². The Balaban J connectivity index is 1.43. The molecule has 2 aromatic heterocycles. The SMILES string of the molecule is COc1cc2c(cc1OC)C(c1cccs1)N(C(=O)CSc1nnnn1C1CC1)CC2. The van der Waals surface area contributed by atoms with Crippen LogP contribution in [0, 0.1) is 0 Å². The van der Waals surface area contributed by atoms with E-state index in [1.54, 1.807) is 25.6 Å². The molecule has 1 aliphatic heterocycles. The van der Waals surface area contributed by atoms with Crippen molar-refractivity contribution >= 4 is 29.0 Å². The molecule has 0 radical (unpaired) electrons. The van der Waals surface area contributed by atoms with Gasteiger partial charge in [-0.25, -0.2) is 4.68 Å². The number of hydrogen-bond acceptors (Lipinski definition) is 8. The number of methoxy groups -OCH3 is 2. The van der Waals surface area contributed by atoms with Crippen LogP contribution < -0.4 is 9.47 Å². The van der Waals surface area contributed by atoms with Gasteiger partial charge in [-0.2, -0.15) is 0 Å². The Kier molecular flexibility index (Phi) is 5.58. The zero-order valence-corrected chi connectivity index (χ0v) is 19.0. The summed E-state index contributed by atoms with van der Waals surface area (Å²) in [7, 11) is 3.28. The number of fused-ring (bicyclic) bond motifs is 1. The van der Waals surface area contributed by atoms with Crippen LogP contribution in [-0.2, 0) is 11.2 Å². The van der Waals surface area contributed by atoms with Gasteiger partial charge in [0.2, 0.25) is 11.1 Å². The second-order valence-corrected chi connectivity index (χ2v) is 9.51. The third-order valence-electron chi connectivity index (χ3n) is 5.69. The monoisotopic (exact) mass is 457 g/mol. The molecular formula is C21H23N5O3S2. The lowest BCUT2D eigenvalue weighted by Gasteiger charge is -2.37. The van der Waals surface area contributed by atoms with Gasteiger partial charge in [-0.15, -0.1) is 16.4 Å². The fourth-order valence-corrected chi connectivity index (χ4v) is 5.69. The number of carbonyl (C=O) groups is 1. The lowest BCUT2D eigenvalue weighted by molar-refractivity contribution is -0.130. The van der Waals surface area contributed by atoms with E-state index in [1.165, 1.54) is 17.3 Å². The van der Waals surface area contributed by atoms with Gasteiger partial charge in [-0.3, -0.25) is 4.79 Å². The van der Waals surface area contributed by atoms with Crippen LogP contribution >= 0.6 is 23.1 Å². The number of ether oxygens (including phenoxy) is 2. The Bertz CT molecular complexity index is 1080. The summed E-state index contributed by atoms with van der Waals surface area (Å²) in [6.45, 7) is 0.651. The number of rotatable bonds is 7. The van der Waals surface area contributed by atoms with Crippen molar-refractivity contribution in [3.63, 3.8) is 0 Å². The number of hydrogen-bond donors (Lipinski definition) is 0. The minimum Gasteiger partial charge on any atom is -0.493 e. The highest BCUT2D eigenvalue weighted by Gasteiger charge is 2.34. The molecule has 31 heavy (non-hydrogen) atoms. The average Bonchev–Trinajstić information content (AvgIpc) is 3.29. The third kappa shape index (κ3) is 3.89. The maximum Gasteiger partial charge on any atom is 0.233 e. The van der Waals surface area contributed by atoms with E-state index in [-0.39, 0.29) is 11.9 Å². The van der Waals surface area contributed by atoms with E-state index < -0.39 is 0 Å². The minimum atomic E-state index is -0.143. The summed E-state index contributed by atoms with van der Waals surface area (Å²) >= 11 is 3.07. The molecule has 162 valence electrons. The Morgan fingerprint density at radius 1 is 1.26 bits per heavy atom. The van der Waals surface area contributed by atoms with Gasteiger partial charge in [0.05, 0.1) is 32.1 Å². The number of carbonyl (C=O) groups excluding carboxylic acids is 1. The number of thiophene rings is 1. The Labute approximate surface area is 188 Å². The molecule has 1 amide bonds. The lowest BCUT2D eigenvalue weighted by Crippen LogP contribution is -2.41. The first-order valence-corrected chi connectivity index (χ1v) is 12.0. The molecule has 1 saturated carbocycles. The summed E-state index contributed by atoms with van der Waals surface area (Å²) in [5.41, 5.74) is 2.28. The van der Waals surface area contributed by atoms with Gasteiger partial charge < -0.3 is 14.4 Å².